The summed E-state index contributed by atoms with van der Waals surface area (Å²) >= 11 is 0. The third-order valence-electron chi connectivity index (χ3n) is 11.7. The summed E-state index contributed by atoms with van der Waals surface area (Å²) in [6.45, 7) is 0.0226. The second-order valence-corrected chi connectivity index (χ2v) is 14.9. The predicted octanol–water partition coefficient (Wildman–Crippen LogP) is 12.4. The molecule has 2 nitrogen and oxygen atoms in total. The minimum atomic E-state index is 0.0226. The van der Waals surface area contributed by atoms with Crippen LogP contribution in [-0.4, -0.2) is 6.71 Å². The maximum absolute atomic E-state index is 2.52. The molecule has 0 saturated carbocycles. The van der Waals surface area contributed by atoms with Gasteiger partial charge in [0.15, 0.2) is 0 Å². The smallest absolute Gasteiger partial charge is 0.252 e. The number of rotatable bonds is 6. The molecular formula is C54H37BN2. The van der Waals surface area contributed by atoms with Crippen molar-refractivity contribution in [2.45, 2.75) is 0 Å². The van der Waals surface area contributed by atoms with Crippen molar-refractivity contribution in [1.29, 1.82) is 0 Å². The van der Waals surface area contributed by atoms with E-state index in [-0.39, 0.29) is 6.71 Å². The highest BCUT2D eigenvalue weighted by Gasteiger charge is 2.44. The van der Waals surface area contributed by atoms with Gasteiger partial charge in [0.25, 0.3) is 6.71 Å². The van der Waals surface area contributed by atoms with Crippen LogP contribution < -0.4 is 26.2 Å². The fraction of sp³-hybridized carbons (Fsp3) is 0. The number of nitrogens with zero attached hydrogens (tertiary/aromatic N) is 2. The Hall–Kier alpha value is -7.36. The van der Waals surface area contributed by atoms with Crippen molar-refractivity contribution >= 4 is 57.2 Å². The highest BCUT2D eigenvalue weighted by atomic mass is 15.2. The monoisotopic (exact) mass is 724 g/mol. The molecule has 0 bridgehead atoms. The van der Waals surface area contributed by atoms with E-state index in [0.717, 1.165) is 11.4 Å². The number of hydrogen-bond donors (Lipinski definition) is 0. The predicted molar refractivity (Wildman–Crippen MR) is 242 cm³/mol. The van der Waals surface area contributed by atoms with E-state index in [1.54, 1.807) is 0 Å². The topological polar surface area (TPSA) is 6.48 Å². The molecule has 0 N–H and O–H groups in total. The Morgan fingerprint density at radius 2 is 0.719 bits per heavy atom. The summed E-state index contributed by atoms with van der Waals surface area (Å²) < 4.78 is 0. The summed E-state index contributed by atoms with van der Waals surface area (Å²) in [6, 6.07) is 82.0. The van der Waals surface area contributed by atoms with Gasteiger partial charge in [-0.1, -0.05) is 182 Å². The molecule has 0 saturated heterocycles. The molecule has 2 aliphatic heterocycles. The van der Waals surface area contributed by atoms with E-state index in [1.807, 2.05) is 0 Å². The normalized spacial score (nSPS) is 12.5. The van der Waals surface area contributed by atoms with E-state index in [4.69, 9.17) is 0 Å². The van der Waals surface area contributed by atoms with Crippen LogP contribution in [0.5, 0.6) is 0 Å². The minimum Gasteiger partial charge on any atom is -0.311 e. The first-order valence-corrected chi connectivity index (χ1v) is 19.7. The van der Waals surface area contributed by atoms with Crippen LogP contribution in [0, 0.1) is 0 Å². The minimum absolute atomic E-state index is 0.0226. The number of para-hydroxylation sites is 1. The van der Waals surface area contributed by atoms with Crippen LogP contribution in [0.3, 0.4) is 0 Å². The Kier molecular flexibility index (Phi) is 7.96. The quantitative estimate of drug-likeness (QED) is 0.158. The van der Waals surface area contributed by atoms with E-state index < -0.39 is 0 Å². The van der Waals surface area contributed by atoms with E-state index >= 15 is 0 Å². The third-order valence-corrected chi connectivity index (χ3v) is 11.7. The molecule has 9 aromatic carbocycles. The van der Waals surface area contributed by atoms with Crippen molar-refractivity contribution in [2.24, 2.45) is 0 Å². The Balaban J connectivity index is 1.16. The molecule has 0 spiro atoms. The zero-order valence-electron chi connectivity index (χ0n) is 31.3. The van der Waals surface area contributed by atoms with Crippen molar-refractivity contribution in [1.82, 2.24) is 0 Å². The van der Waals surface area contributed by atoms with Gasteiger partial charge in [-0.15, -0.1) is 0 Å². The zero-order chi connectivity index (χ0) is 37.7. The highest BCUT2D eigenvalue weighted by Crippen LogP contribution is 2.47. The van der Waals surface area contributed by atoms with Gasteiger partial charge in [0.2, 0.25) is 0 Å². The molecule has 9 aromatic rings. The molecule has 3 heteroatoms. The maximum atomic E-state index is 2.52. The number of anilines is 6. The lowest BCUT2D eigenvalue weighted by atomic mass is 9.33. The molecule has 57 heavy (non-hydrogen) atoms. The van der Waals surface area contributed by atoms with E-state index in [9.17, 15) is 0 Å². The van der Waals surface area contributed by atoms with Gasteiger partial charge in [0, 0.05) is 39.7 Å². The van der Waals surface area contributed by atoms with Gasteiger partial charge >= 0.3 is 0 Å². The Morgan fingerprint density at radius 1 is 0.281 bits per heavy atom. The standard InChI is InChI=1S/C54H37BN2/c1-5-15-38(16-6-1)41-27-32-45(33-28-41)56-50-25-14-26-51-53(50)55(48-36-31-44(37-52(48)56)40-19-9-3-10-20-40)49-24-13-23-47(43-21-11-4-12-22-43)54(49)57(51)46-34-29-42(30-35-46)39-17-7-2-8-18-39/h1-37H. The third kappa shape index (κ3) is 5.59. The molecule has 0 unspecified atom stereocenters. The zero-order valence-corrected chi connectivity index (χ0v) is 31.3. The lowest BCUT2D eigenvalue weighted by Crippen LogP contribution is -2.61. The number of hydrogen-bond acceptors (Lipinski definition) is 2. The fourth-order valence-corrected chi connectivity index (χ4v) is 9.06. The first-order chi connectivity index (χ1) is 28.3. The Labute approximate surface area is 334 Å². The second-order valence-electron chi connectivity index (χ2n) is 14.9. The molecule has 0 amide bonds. The van der Waals surface area contributed by atoms with Crippen molar-refractivity contribution in [3.8, 4) is 44.5 Å². The summed E-state index contributed by atoms with van der Waals surface area (Å²) in [5.74, 6) is 0. The van der Waals surface area contributed by atoms with Crippen LogP contribution in [0.2, 0.25) is 0 Å². The first kappa shape index (κ1) is 33.0. The van der Waals surface area contributed by atoms with Crippen LogP contribution in [0.15, 0.2) is 224 Å². The van der Waals surface area contributed by atoms with Crippen LogP contribution >= 0.6 is 0 Å². The molecule has 0 radical (unpaired) electrons. The fourth-order valence-electron chi connectivity index (χ4n) is 9.06. The molecule has 2 aliphatic rings. The van der Waals surface area contributed by atoms with Crippen LogP contribution in [0.4, 0.5) is 34.1 Å². The highest BCUT2D eigenvalue weighted by molar-refractivity contribution is 7.00. The molecule has 11 rings (SSSR count). The summed E-state index contributed by atoms with van der Waals surface area (Å²) in [5, 5.41) is 0. The molecule has 266 valence electrons. The van der Waals surface area contributed by atoms with Gasteiger partial charge in [-0.3, -0.25) is 0 Å². The van der Waals surface area contributed by atoms with Crippen molar-refractivity contribution in [3.05, 3.63) is 224 Å². The van der Waals surface area contributed by atoms with Crippen molar-refractivity contribution in [2.75, 3.05) is 9.80 Å². The van der Waals surface area contributed by atoms with Crippen LogP contribution in [-0.2, 0) is 0 Å². The van der Waals surface area contributed by atoms with Crippen molar-refractivity contribution in [3.63, 3.8) is 0 Å². The van der Waals surface area contributed by atoms with Gasteiger partial charge in [0.1, 0.15) is 0 Å². The number of benzene rings is 9. The van der Waals surface area contributed by atoms with Gasteiger partial charge in [-0.25, -0.2) is 0 Å². The number of fused-ring (bicyclic) bond motifs is 4. The van der Waals surface area contributed by atoms with E-state index in [1.165, 1.54) is 83.6 Å². The molecule has 0 aliphatic carbocycles. The van der Waals surface area contributed by atoms with Crippen LogP contribution in [0.1, 0.15) is 0 Å². The lowest BCUT2D eigenvalue weighted by molar-refractivity contribution is 1.25. The van der Waals surface area contributed by atoms with E-state index in [0.29, 0.717) is 0 Å². The Morgan fingerprint density at radius 3 is 1.28 bits per heavy atom. The summed E-state index contributed by atoms with van der Waals surface area (Å²) in [7, 11) is 0. The van der Waals surface area contributed by atoms with Crippen molar-refractivity contribution < 1.29 is 0 Å². The molecule has 0 aromatic heterocycles. The largest absolute Gasteiger partial charge is 0.311 e. The molecule has 2 heterocycles. The van der Waals surface area contributed by atoms with Gasteiger partial charge in [-0.2, -0.15) is 0 Å². The summed E-state index contributed by atoms with van der Waals surface area (Å²) in [4.78, 5) is 5.01. The van der Waals surface area contributed by atoms with E-state index in [2.05, 4.69) is 234 Å². The molecule has 0 atom stereocenters. The molecular weight excluding hydrogens is 687 g/mol. The summed E-state index contributed by atoms with van der Waals surface area (Å²) in [5.41, 5.74) is 20.7. The second kappa shape index (κ2) is 13.7. The SMILES string of the molecule is c1ccc(-c2ccc(N3c4cc(-c5ccccc5)ccc4B4c5cccc(-c6ccccc6)c5N(c5ccc(-c6ccccc6)cc5)c5cccc3c54)cc2)cc1. The van der Waals surface area contributed by atoms with Gasteiger partial charge in [-0.05, 0) is 97.8 Å². The average molecular weight is 725 g/mol. The summed E-state index contributed by atoms with van der Waals surface area (Å²) in [6.07, 6.45) is 0. The Bertz CT molecular complexity index is 2870. The van der Waals surface area contributed by atoms with Gasteiger partial charge < -0.3 is 9.80 Å². The molecule has 0 fully saturated rings. The maximum Gasteiger partial charge on any atom is 0.252 e. The lowest BCUT2D eigenvalue weighted by Gasteiger charge is -2.44. The first-order valence-electron chi connectivity index (χ1n) is 19.7. The van der Waals surface area contributed by atoms with Gasteiger partial charge in [0.05, 0.1) is 0 Å². The van der Waals surface area contributed by atoms with Crippen LogP contribution in [0.25, 0.3) is 44.5 Å². The average Bonchev–Trinajstić information content (AvgIpc) is 3.30.